The highest BCUT2D eigenvalue weighted by molar-refractivity contribution is 5.71. The Morgan fingerprint density at radius 3 is 1.85 bits per heavy atom. The highest BCUT2D eigenvalue weighted by Crippen LogP contribution is 2.41. The van der Waals surface area contributed by atoms with Crippen molar-refractivity contribution < 1.29 is 14.3 Å². The second-order valence-electron chi connectivity index (χ2n) is 9.60. The molecule has 1 heterocycles. The van der Waals surface area contributed by atoms with E-state index in [0.717, 1.165) is 22.3 Å². The summed E-state index contributed by atoms with van der Waals surface area (Å²) in [5, 5.41) is 3.80. The van der Waals surface area contributed by atoms with Crippen molar-refractivity contribution in [3.8, 4) is 11.8 Å². The number of rotatable bonds is 10. The fraction of sp³-hybridized carbons (Fsp3) is 0.206. The summed E-state index contributed by atoms with van der Waals surface area (Å²) in [6.45, 7) is 0.502. The molecule has 1 saturated heterocycles. The van der Waals surface area contributed by atoms with Crippen molar-refractivity contribution >= 4 is 6.09 Å². The average molecular weight is 543 g/mol. The maximum absolute atomic E-state index is 13.0. The molecule has 204 valence electrons. The topological polar surface area (TPSA) is 87.5 Å². The zero-order chi connectivity index (χ0) is 28.3. The van der Waals surface area contributed by atoms with Crippen LogP contribution in [0.25, 0.3) is 10.4 Å². The van der Waals surface area contributed by atoms with E-state index in [-0.39, 0.29) is 13.2 Å². The number of carbonyl (C=O) groups is 1. The van der Waals surface area contributed by atoms with Crippen LogP contribution in [0.5, 0.6) is 0 Å². The van der Waals surface area contributed by atoms with Crippen molar-refractivity contribution in [3.63, 3.8) is 0 Å². The van der Waals surface area contributed by atoms with Crippen LogP contribution in [0.1, 0.15) is 28.7 Å². The van der Waals surface area contributed by atoms with Crippen molar-refractivity contribution in [2.45, 2.75) is 24.2 Å². The maximum atomic E-state index is 13.0. The maximum Gasteiger partial charge on any atom is 0.410 e. The van der Waals surface area contributed by atoms with E-state index in [9.17, 15) is 4.79 Å². The minimum absolute atomic E-state index is 0.0669. The largest absolute Gasteiger partial charge is 0.441 e. The Balaban J connectivity index is 1.43. The monoisotopic (exact) mass is 542 g/mol. The van der Waals surface area contributed by atoms with Crippen LogP contribution in [0.15, 0.2) is 126 Å². The van der Waals surface area contributed by atoms with E-state index in [4.69, 9.17) is 15.0 Å². The fourth-order valence-corrected chi connectivity index (χ4v) is 5.19. The minimum atomic E-state index is -0.964. The van der Waals surface area contributed by atoms with Gasteiger partial charge in [0.05, 0.1) is 19.2 Å². The number of cyclic esters (lactones) is 1. The van der Waals surface area contributed by atoms with Gasteiger partial charge in [-0.3, -0.25) is 0 Å². The lowest BCUT2D eigenvalue weighted by Gasteiger charge is -2.37. The highest BCUT2D eigenvalue weighted by Gasteiger charge is 2.44. The third-order valence-electron chi connectivity index (χ3n) is 7.14. The molecule has 1 aliphatic rings. The quantitative estimate of drug-likeness (QED) is 0.0715. The molecule has 0 saturated carbocycles. The van der Waals surface area contributed by atoms with E-state index in [1.54, 1.807) is 4.90 Å². The van der Waals surface area contributed by atoms with Gasteiger partial charge in [-0.1, -0.05) is 126 Å². The number of amides is 1. The molecule has 2 atom stereocenters. The van der Waals surface area contributed by atoms with Crippen LogP contribution in [-0.2, 0) is 15.1 Å². The molecule has 0 N–H and O–H groups in total. The third-order valence-corrected chi connectivity index (χ3v) is 7.14. The Kier molecular flexibility index (Phi) is 8.98. The van der Waals surface area contributed by atoms with Crippen LogP contribution in [0.4, 0.5) is 4.79 Å². The summed E-state index contributed by atoms with van der Waals surface area (Å²) in [6.07, 6.45) is -0.666. The number of hydrogen-bond donors (Lipinski definition) is 0. The van der Waals surface area contributed by atoms with Gasteiger partial charge in [0.25, 0.3) is 0 Å². The Hall–Kier alpha value is -5.02. The van der Waals surface area contributed by atoms with Gasteiger partial charge in [-0.25, -0.2) is 4.79 Å². The molecule has 41 heavy (non-hydrogen) atoms. The molecular formula is C34H30N4O3. The second-order valence-corrected chi connectivity index (χ2v) is 9.60. The predicted octanol–water partition coefficient (Wildman–Crippen LogP) is 6.94. The summed E-state index contributed by atoms with van der Waals surface area (Å²) in [6, 6.07) is 39.2. The Morgan fingerprint density at radius 2 is 1.34 bits per heavy atom. The Morgan fingerprint density at radius 1 is 0.829 bits per heavy atom. The van der Waals surface area contributed by atoms with E-state index in [2.05, 4.69) is 21.9 Å². The summed E-state index contributed by atoms with van der Waals surface area (Å²) in [5.41, 5.74) is 11.9. The lowest BCUT2D eigenvalue weighted by atomic mass is 9.80. The van der Waals surface area contributed by atoms with Crippen molar-refractivity contribution in [2.24, 2.45) is 5.11 Å². The standard InChI is InChI=1S/C34H30N4O3/c35-37-36-25-31-32(41-33(39)38(31)24-14-13-17-27-15-5-1-6-16-27)26-40-34(28-18-7-2-8-19-28,29-20-9-3-10-21-29)30-22-11-4-12-23-30/h1-12,15-16,18-23,31-32H,14,24-26H2/t31-,32-/m1/s1. The number of carbonyl (C=O) groups excluding carboxylic acids is 1. The van der Waals surface area contributed by atoms with Crippen LogP contribution >= 0.6 is 0 Å². The molecule has 0 bridgehead atoms. The lowest BCUT2D eigenvalue weighted by Crippen LogP contribution is -2.43. The van der Waals surface area contributed by atoms with Gasteiger partial charge >= 0.3 is 6.09 Å². The van der Waals surface area contributed by atoms with Crippen LogP contribution in [0, 0.1) is 11.8 Å². The van der Waals surface area contributed by atoms with Gasteiger partial charge in [0.1, 0.15) is 11.7 Å². The molecule has 7 heteroatoms. The number of hydrogen-bond acceptors (Lipinski definition) is 4. The molecule has 0 aromatic heterocycles. The molecule has 1 amide bonds. The summed E-state index contributed by atoms with van der Waals surface area (Å²) in [4.78, 5) is 17.6. The molecule has 1 aliphatic heterocycles. The van der Waals surface area contributed by atoms with E-state index in [1.807, 2.05) is 121 Å². The first-order valence-corrected chi connectivity index (χ1v) is 13.5. The molecule has 0 aliphatic carbocycles. The minimum Gasteiger partial charge on any atom is -0.441 e. The van der Waals surface area contributed by atoms with Crippen molar-refractivity contribution in [1.29, 1.82) is 0 Å². The summed E-state index contributed by atoms with van der Waals surface area (Å²) < 4.78 is 12.7. The van der Waals surface area contributed by atoms with E-state index in [1.165, 1.54) is 0 Å². The van der Waals surface area contributed by atoms with Gasteiger partial charge < -0.3 is 14.4 Å². The van der Waals surface area contributed by atoms with Crippen molar-refractivity contribution in [2.75, 3.05) is 19.7 Å². The van der Waals surface area contributed by atoms with Gasteiger partial charge in [0.15, 0.2) is 0 Å². The van der Waals surface area contributed by atoms with Gasteiger partial charge in [0.2, 0.25) is 0 Å². The zero-order valence-electron chi connectivity index (χ0n) is 22.5. The molecule has 4 aromatic rings. The van der Waals surface area contributed by atoms with Crippen LogP contribution in [0.3, 0.4) is 0 Å². The summed E-state index contributed by atoms with van der Waals surface area (Å²) in [7, 11) is 0. The van der Waals surface area contributed by atoms with Crippen molar-refractivity contribution in [1.82, 2.24) is 4.90 Å². The Labute approximate surface area is 240 Å². The summed E-state index contributed by atoms with van der Waals surface area (Å²) >= 11 is 0. The lowest BCUT2D eigenvalue weighted by molar-refractivity contribution is -0.0368. The molecule has 5 rings (SSSR count). The SMILES string of the molecule is [N-]=[N+]=NC[C@@H]1[C@@H](COC(c2ccccc2)(c2ccccc2)c2ccccc2)OC(=O)N1CCC#Cc1ccccc1. The van der Waals surface area contributed by atoms with E-state index < -0.39 is 23.8 Å². The number of nitrogens with zero attached hydrogens (tertiary/aromatic N) is 4. The third kappa shape index (κ3) is 6.26. The zero-order valence-corrected chi connectivity index (χ0v) is 22.5. The molecule has 1 fully saturated rings. The molecule has 4 aromatic carbocycles. The molecule has 0 radical (unpaired) electrons. The molecule has 7 nitrogen and oxygen atoms in total. The molecular weight excluding hydrogens is 512 g/mol. The first-order chi connectivity index (χ1) is 20.2. The van der Waals surface area contributed by atoms with Gasteiger partial charge in [-0.05, 0) is 34.4 Å². The second kappa shape index (κ2) is 13.4. The predicted molar refractivity (Wildman–Crippen MR) is 158 cm³/mol. The van der Waals surface area contributed by atoms with Gasteiger partial charge in [0, 0.05) is 23.4 Å². The van der Waals surface area contributed by atoms with E-state index in [0.29, 0.717) is 13.0 Å². The van der Waals surface area contributed by atoms with Gasteiger partial charge in [-0.15, -0.1) is 0 Å². The average Bonchev–Trinajstić information content (AvgIpc) is 3.34. The smallest absolute Gasteiger partial charge is 0.410 e. The first kappa shape index (κ1) is 27.5. The molecule has 0 spiro atoms. The Bertz CT molecular complexity index is 1430. The summed E-state index contributed by atoms with van der Waals surface area (Å²) in [5.74, 6) is 6.24. The van der Waals surface area contributed by atoms with Crippen LogP contribution in [0.2, 0.25) is 0 Å². The molecule has 0 unspecified atom stereocenters. The number of benzene rings is 4. The van der Waals surface area contributed by atoms with E-state index >= 15 is 0 Å². The first-order valence-electron chi connectivity index (χ1n) is 13.5. The van der Waals surface area contributed by atoms with Crippen LogP contribution in [-0.4, -0.2) is 42.8 Å². The number of ether oxygens (including phenoxy) is 2. The van der Waals surface area contributed by atoms with Gasteiger partial charge in [-0.2, -0.15) is 0 Å². The van der Waals surface area contributed by atoms with Crippen LogP contribution < -0.4 is 0 Å². The highest BCUT2D eigenvalue weighted by atomic mass is 16.6. The number of azide groups is 1. The normalized spacial score (nSPS) is 16.3. The van der Waals surface area contributed by atoms with Crippen molar-refractivity contribution in [3.05, 3.63) is 154 Å². The fourth-order valence-electron chi connectivity index (χ4n) is 5.19.